The Morgan fingerprint density at radius 1 is 1.53 bits per heavy atom. The molecule has 0 radical (unpaired) electrons. The van der Waals surface area contributed by atoms with Crippen LogP contribution in [0.3, 0.4) is 0 Å². The van der Waals surface area contributed by atoms with E-state index in [9.17, 15) is 4.79 Å². The van der Waals surface area contributed by atoms with Gasteiger partial charge in [-0.15, -0.1) is 11.3 Å². The number of thiophene rings is 1. The molecule has 0 saturated carbocycles. The molecule has 3 unspecified atom stereocenters. The van der Waals surface area contributed by atoms with E-state index in [0.29, 0.717) is 12.5 Å². The molecule has 6 heteroatoms. The summed E-state index contributed by atoms with van der Waals surface area (Å²) >= 11 is 3.25. The van der Waals surface area contributed by atoms with E-state index in [4.69, 9.17) is 5.11 Å². The lowest BCUT2D eigenvalue weighted by molar-refractivity contribution is 0.232. The van der Waals surface area contributed by atoms with E-state index in [1.54, 1.807) is 23.1 Å². The van der Waals surface area contributed by atoms with Gasteiger partial charge in [0.15, 0.2) is 0 Å². The summed E-state index contributed by atoms with van der Waals surface area (Å²) < 4.78 is 0. The van der Waals surface area contributed by atoms with Gasteiger partial charge in [0.25, 0.3) is 0 Å². The average Bonchev–Trinajstić information content (AvgIpc) is 2.91. The molecular formula is C13H22N2O2S2. The molecular weight excluding hydrogens is 280 g/mol. The van der Waals surface area contributed by atoms with Crippen LogP contribution in [-0.4, -0.2) is 41.8 Å². The van der Waals surface area contributed by atoms with Gasteiger partial charge in [-0.2, -0.15) is 11.8 Å². The van der Waals surface area contributed by atoms with Gasteiger partial charge in [0, 0.05) is 28.6 Å². The van der Waals surface area contributed by atoms with E-state index in [0.717, 1.165) is 0 Å². The van der Waals surface area contributed by atoms with Crippen molar-refractivity contribution in [1.82, 2.24) is 10.6 Å². The Balaban J connectivity index is 2.31. The first-order valence-corrected chi connectivity index (χ1v) is 8.46. The summed E-state index contributed by atoms with van der Waals surface area (Å²) in [4.78, 5) is 13.0. The molecule has 0 aliphatic heterocycles. The van der Waals surface area contributed by atoms with Crippen LogP contribution in [0.2, 0.25) is 0 Å². The summed E-state index contributed by atoms with van der Waals surface area (Å²) in [5, 5.41) is 17.0. The van der Waals surface area contributed by atoms with Gasteiger partial charge in [-0.05, 0) is 24.6 Å². The number of urea groups is 1. The molecule has 1 rings (SSSR count). The Labute approximate surface area is 123 Å². The topological polar surface area (TPSA) is 61.4 Å². The third-order valence-electron chi connectivity index (χ3n) is 3.00. The van der Waals surface area contributed by atoms with Crippen LogP contribution in [-0.2, 0) is 0 Å². The van der Waals surface area contributed by atoms with Crippen LogP contribution in [0.5, 0.6) is 0 Å². The highest BCUT2D eigenvalue weighted by molar-refractivity contribution is 7.99. The number of aliphatic hydroxyl groups is 1. The number of hydrogen-bond donors (Lipinski definition) is 3. The minimum Gasteiger partial charge on any atom is -0.395 e. The Bertz CT molecular complexity index is 367. The molecule has 0 aliphatic carbocycles. The number of hydrogen-bond acceptors (Lipinski definition) is 4. The average molecular weight is 302 g/mol. The molecule has 0 aliphatic rings. The smallest absolute Gasteiger partial charge is 0.315 e. The molecule has 3 atom stereocenters. The van der Waals surface area contributed by atoms with Gasteiger partial charge in [-0.3, -0.25) is 0 Å². The van der Waals surface area contributed by atoms with E-state index in [1.165, 1.54) is 4.88 Å². The molecule has 4 nitrogen and oxygen atoms in total. The lowest BCUT2D eigenvalue weighted by atomic mass is 10.1. The molecule has 19 heavy (non-hydrogen) atoms. The highest BCUT2D eigenvalue weighted by atomic mass is 32.2. The third-order valence-corrected chi connectivity index (χ3v) is 5.26. The largest absolute Gasteiger partial charge is 0.395 e. The SMILES string of the molecule is CSC(CO)C(C)NC(=O)NCC(C)c1cccs1. The third kappa shape index (κ3) is 5.42. The normalized spacial score (nSPS) is 15.6. The fourth-order valence-corrected chi connectivity index (χ4v) is 3.12. The maximum Gasteiger partial charge on any atom is 0.315 e. The van der Waals surface area contributed by atoms with E-state index >= 15 is 0 Å². The first-order chi connectivity index (χ1) is 9.08. The summed E-state index contributed by atoms with van der Waals surface area (Å²) in [6.07, 6.45) is 1.93. The molecule has 3 N–H and O–H groups in total. The maximum absolute atomic E-state index is 11.8. The Morgan fingerprint density at radius 3 is 2.79 bits per heavy atom. The number of rotatable bonds is 7. The van der Waals surface area contributed by atoms with E-state index in [2.05, 4.69) is 23.6 Å². The van der Waals surface area contributed by atoms with Crippen molar-refractivity contribution in [2.45, 2.75) is 31.1 Å². The van der Waals surface area contributed by atoms with E-state index in [-0.39, 0.29) is 23.9 Å². The van der Waals surface area contributed by atoms with Gasteiger partial charge in [-0.1, -0.05) is 13.0 Å². The van der Waals surface area contributed by atoms with Gasteiger partial charge in [-0.25, -0.2) is 4.79 Å². The number of nitrogens with one attached hydrogen (secondary N) is 2. The second-order valence-electron chi connectivity index (χ2n) is 4.52. The predicted octanol–water partition coefficient (Wildman–Crippen LogP) is 2.26. The first kappa shape index (κ1) is 16.3. The molecule has 1 aromatic heterocycles. The van der Waals surface area contributed by atoms with Crippen molar-refractivity contribution in [1.29, 1.82) is 0 Å². The van der Waals surface area contributed by atoms with E-state index in [1.807, 2.05) is 24.6 Å². The van der Waals surface area contributed by atoms with Crippen molar-refractivity contribution < 1.29 is 9.90 Å². The second-order valence-corrected chi connectivity index (χ2v) is 6.57. The van der Waals surface area contributed by atoms with Crippen LogP contribution in [0.1, 0.15) is 24.6 Å². The van der Waals surface area contributed by atoms with Gasteiger partial charge in [0.2, 0.25) is 0 Å². The van der Waals surface area contributed by atoms with Crippen LogP contribution in [0.15, 0.2) is 17.5 Å². The molecule has 0 saturated heterocycles. The summed E-state index contributed by atoms with van der Waals surface area (Å²) in [5.41, 5.74) is 0. The number of aliphatic hydroxyl groups excluding tert-OH is 1. The van der Waals surface area contributed by atoms with Gasteiger partial charge in [0.1, 0.15) is 0 Å². The van der Waals surface area contributed by atoms with Crippen molar-refractivity contribution in [3.05, 3.63) is 22.4 Å². The molecule has 0 spiro atoms. The molecule has 1 aromatic rings. The summed E-state index contributed by atoms with van der Waals surface area (Å²) in [6.45, 7) is 4.67. The van der Waals surface area contributed by atoms with Crippen LogP contribution in [0, 0.1) is 0 Å². The predicted molar refractivity (Wildman–Crippen MR) is 83.1 cm³/mol. The van der Waals surface area contributed by atoms with Gasteiger partial charge in [0.05, 0.1) is 6.61 Å². The first-order valence-electron chi connectivity index (χ1n) is 6.29. The van der Waals surface area contributed by atoms with Crippen molar-refractivity contribution >= 4 is 29.1 Å². The van der Waals surface area contributed by atoms with Crippen LogP contribution < -0.4 is 10.6 Å². The van der Waals surface area contributed by atoms with Crippen molar-refractivity contribution in [3.8, 4) is 0 Å². The standard InChI is InChI=1S/C13H22N2O2S2/c1-9(11-5-4-6-19-11)7-14-13(17)15-10(2)12(8-16)18-3/h4-6,9-10,12,16H,7-8H2,1-3H3,(H2,14,15,17). The van der Waals surface area contributed by atoms with Crippen LogP contribution in [0.4, 0.5) is 4.79 Å². The molecule has 2 amide bonds. The summed E-state index contributed by atoms with van der Waals surface area (Å²) in [7, 11) is 0. The second kappa shape index (κ2) is 8.45. The van der Waals surface area contributed by atoms with Gasteiger partial charge >= 0.3 is 6.03 Å². The minimum atomic E-state index is -0.177. The highest BCUT2D eigenvalue weighted by Gasteiger charge is 2.17. The number of carbonyl (C=O) groups is 1. The Hall–Kier alpha value is -0.720. The Morgan fingerprint density at radius 2 is 2.26 bits per heavy atom. The van der Waals surface area contributed by atoms with Crippen LogP contribution >= 0.6 is 23.1 Å². The maximum atomic E-state index is 11.8. The lowest BCUT2D eigenvalue weighted by Gasteiger charge is -2.22. The summed E-state index contributed by atoms with van der Waals surface area (Å²) in [5.74, 6) is 0.315. The number of carbonyl (C=O) groups excluding carboxylic acids is 1. The molecule has 1 heterocycles. The zero-order chi connectivity index (χ0) is 14.3. The lowest BCUT2D eigenvalue weighted by Crippen LogP contribution is -2.46. The minimum absolute atomic E-state index is 0.0282. The summed E-state index contributed by atoms with van der Waals surface area (Å²) in [6, 6.07) is 3.86. The molecule has 0 bridgehead atoms. The van der Waals surface area contributed by atoms with E-state index < -0.39 is 0 Å². The molecule has 108 valence electrons. The monoisotopic (exact) mass is 302 g/mol. The fraction of sp³-hybridized carbons (Fsp3) is 0.615. The van der Waals surface area contributed by atoms with Crippen molar-refractivity contribution in [3.63, 3.8) is 0 Å². The zero-order valence-electron chi connectivity index (χ0n) is 11.6. The fourth-order valence-electron chi connectivity index (χ4n) is 1.71. The van der Waals surface area contributed by atoms with Gasteiger partial charge < -0.3 is 15.7 Å². The van der Waals surface area contributed by atoms with Crippen molar-refractivity contribution in [2.75, 3.05) is 19.4 Å². The number of amides is 2. The quantitative estimate of drug-likeness (QED) is 0.724. The number of thioether (sulfide) groups is 1. The zero-order valence-corrected chi connectivity index (χ0v) is 13.2. The Kier molecular flexibility index (Phi) is 7.27. The highest BCUT2D eigenvalue weighted by Crippen LogP contribution is 2.19. The molecule has 0 aromatic carbocycles. The van der Waals surface area contributed by atoms with Crippen LogP contribution in [0.25, 0.3) is 0 Å². The molecule has 0 fully saturated rings. The van der Waals surface area contributed by atoms with Crippen molar-refractivity contribution in [2.24, 2.45) is 0 Å².